The van der Waals surface area contributed by atoms with E-state index in [9.17, 15) is 14.4 Å². The summed E-state index contributed by atoms with van der Waals surface area (Å²) in [5, 5.41) is 4.18. The molecular weight excluding hydrogens is 479 g/mol. The standard InChI is InChI=1S/C25H31FN6O4.CH4/c1-17(33)27-15-21-16-31(25(35)36-21)20-8-9-23(22(26)14-20)30-11-10-28-32(13-12-30)24(34)18-4-6-19(7-5-18)29(2)3;/h4-9,14,21,28H,10-13,15-16H2,1-3H3,(H,27,33);1H4/t21-;/m0./s1. The third kappa shape index (κ3) is 6.48. The SMILES string of the molecule is C.CC(=O)NC[C@H]1CN(c2ccc(N3CCNN(C(=O)c4ccc(N(C)C)cc4)CC3)c(F)c2)C(=O)O1. The molecule has 0 saturated carbocycles. The van der Waals surface area contributed by atoms with E-state index in [-0.39, 0.29) is 32.3 Å². The van der Waals surface area contributed by atoms with E-state index in [1.807, 2.05) is 36.0 Å². The number of anilines is 3. The molecule has 11 heteroatoms. The number of hydrogen-bond acceptors (Lipinski definition) is 7. The zero-order chi connectivity index (χ0) is 25.8. The van der Waals surface area contributed by atoms with Crippen molar-refractivity contribution in [2.24, 2.45) is 0 Å². The van der Waals surface area contributed by atoms with Gasteiger partial charge >= 0.3 is 6.09 Å². The van der Waals surface area contributed by atoms with Crippen LogP contribution in [0.3, 0.4) is 0 Å². The van der Waals surface area contributed by atoms with Gasteiger partial charge in [0, 0.05) is 51.9 Å². The molecule has 2 aromatic rings. The van der Waals surface area contributed by atoms with Crippen LogP contribution < -0.4 is 25.4 Å². The third-order valence-corrected chi connectivity index (χ3v) is 6.19. The summed E-state index contributed by atoms with van der Waals surface area (Å²) < 4.78 is 20.4. The molecule has 3 amide bonds. The summed E-state index contributed by atoms with van der Waals surface area (Å²) >= 11 is 0. The Morgan fingerprint density at radius 3 is 2.51 bits per heavy atom. The number of carbonyl (C=O) groups excluding carboxylic acids is 3. The smallest absolute Gasteiger partial charge is 0.414 e. The lowest BCUT2D eigenvalue weighted by Crippen LogP contribution is -2.43. The number of nitrogens with zero attached hydrogens (tertiary/aromatic N) is 4. The monoisotopic (exact) mass is 514 g/mol. The van der Waals surface area contributed by atoms with Gasteiger partial charge in [0.05, 0.1) is 31.0 Å². The molecule has 10 nitrogen and oxygen atoms in total. The van der Waals surface area contributed by atoms with Crippen LogP contribution in [0.1, 0.15) is 24.7 Å². The molecule has 0 aromatic heterocycles. The molecule has 0 aliphatic carbocycles. The van der Waals surface area contributed by atoms with Gasteiger partial charge in [-0.15, -0.1) is 0 Å². The molecule has 0 bridgehead atoms. The predicted molar refractivity (Wildman–Crippen MR) is 141 cm³/mol. The number of rotatable bonds is 6. The summed E-state index contributed by atoms with van der Waals surface area (Å²) in [6.07, 6.45) is -1.08. The van der Waals surface area contributed by atoms with Crippen LogP contribution in [0.4, 0.5) is 26.2 Å². The first-order valence-corrected chi connectivity index (χ1v) is 11.8. The van der Waals surface area contributed by atoms with E-state index in [1.165, 1.54) is 17.9 Å². The van der Waals surface area contributed by atoms with E-state index >= 15 is 4.39 Å². The summed E-state index contributed by atoms with van der Waals surface area (Å²) in [5.41, 5.74) is 5.50. The second kappa shape index (κ2) is 11.9. The van der Waals surface area contributed by atoms with Crippen molar-refractivity contribution >= 4 is 35.0 Å². The third-order valence-electron chi connectivity index (χ3n) is 6.19. The number of benzene rings is 2. The maximum Gasteiger partial charge on any atom is 0.414 e. The van der Waals surface area contributed by atoms with Gasteiger partial charge in [-0.1, -0.05) is 7.43 Å². The highest BCUT2D eigenvalue weighted by atomic mass is 19.1. The average Bonchev–Trinajstić information content (AvgIpc) is 3.06. The van der Waals surface area contributed by atoms with Gasteiger partial charge in [0.1, 0.15) is 11.9 Å². The number of hydrazine groups is 1. The Morgan fingerprint density at radius 1 is 1.14 bits per heavy atom. The van der Waals surface area contributed by atoms with Crippen LogP contribution in [0, 0.1) is 5.82 Å². The Morgan fingerprint density at radius 2 is 1.86 bits per heavy atom. The Hall–Kier alpha value is -3.86. The second-order valence-electron chi connectivity index (χ2n) is 8.98. The fraction of sp³-hybridized carbons (Fsp3) is 0.423. The van der Waals surface area contributed by atoms with Crippen molar-refractivity contribution in [1.29, 1.82) is 0 Å². The quantitative estimate of drug-likeness (QED) is 0.611. The highest BCUT2D eigenvalue weighted by molar-refractivity contribution is 5.94. The van der Waals surface area contributed by atoms with Crippen LogP contribution >= 0.6 is 0 Å². The van der Waals surface area contributed by atoms with Gasteiger partial charge in [0.25, 0.3) is 5.91 Å². The van der Waals surface area contributed by atoms with Crippen LogP contribution in [0.5, 0.6) is 0 Å². The lowest BCUT2D eigenvalue weighted by Gasteiger charge is -2.24. The fourth-order valence-corrected chi connectivity index (χ4v) is 4.22. The number of halogens is 1. The number of amides is 3. The molecule has 0 spiro atoms. The second-order valence-corrected chi connectivity index (χ2v) is 8.98. The van der Waals surface area contributed by atoms with Crippen molar-refractivity contribution in [1.82, 2.24) is 15.8 Å². The fourth-order valence-electron chi connectivity index (χ4n) is 4.22. The van der Waals surface area contributed by atoms with E-state index in [2.05, 4.69) is 10.7 Å². The summed E-state index contributed by atoms with van der Waals surface area (Å²) in [6.45, 7) is 3.59. The van der Waals surface area contributed by atoms with Crippen molar-refractivity contribution in [3.8, 4) is 0 Å². The maximum atomic E-state index is 15.1. The number of carbonyl (C=O) groups is 3. The molecular formula is C26H35FN6O4. The summed E-state index contributed by atoms with van der Waals surface area (Å²) in [7, 11) is 3.88. The molecule has 2 fully saturated rings. The summed E-state index contributed by atoms with van der Waals surface area (Å²) in [5.74, 6) is -0.821. The predicted octanol–water partition coefficient (Wildman–Crippen LogP) is 2.46. The van der Waals surface area contributed by atoms with E-state index in [0.717, 1.165) is 5.69 Å². The molecule has 2 aliphatic heterocycles. The Labute approximate surface area is 216 Å². The molecule has 0 radical (unpaired) electrons. The topological polar surface area (TPSA) is 97.5 Å². The molecule has 200 valence electrons. The molecule has 4 rings (SSSR count). The average molecular weight is 515 g/mol. The van der Waals surface area contributed by atoms with Gasteiger partial charge < -0.3 is 19.9 Å². The van der Waals surface area contributed by atoms with E-state index in [0.29, 0.717) is 43.1 Å². The van der Waals surface area contributed by atoms with Gasteiger partial charge in [-0.25, -0.2) is 14.6 Å². The first-order chi connectivity index (χ1) is 17.2. The van der Waals surface area contributed by atoms with Crippen LogP contribution in [-0.4, -0.2) is 82.4 Å². The molecule has 0 unspecified atom stereocenters. The van der Waals surface area contributed by atoms with E-state index in [4.69, 9.17) is 4.74 Å². The lowest BCUT2D eigenvalue weighted by atomic mass is 10.2. The van der Waals surface area contributed by atoms with Gasteiger partial charge in [0.15, 0.2) is 0 Å². The first-order valence-electron chi connectivity index (χ1n) is 11.8. The van der Waals surface area contributed by atoms with Crippen molar-refractivity contribution in [3.05, 3.63) is 53.8 Å². The zero-order valence-corrected chi connectivity index (χ0v) is 20.7. The summed E-state index contributed by atoms with van der Waals surface area (Å²) in [4.78, 5) is 41.5. The van der Waals surface area contributed by atoms with Crippen molar-refractivity contribution in [3.63, 3.8) is 0 Å². The van der Waals surface area contributed by atoms with E-state index in [1.54, 1.807) is 29.3 Å². The number of ether oxygens (including phenoxy) is 1. The number of nitrogens with one attached hydrogen (secondary N) is 2. The minimum Gasteiger partial charge on any atom is -0.442 e. The van der Waals surface area contributed by atoms with Crippen molar-refractivity contribution in [2.75, 3.05) is 68.1 Å². The van der Waals surface area contributed by atoms with E-state index < -0.39 is 18.0 Å². The van der Waals surface area contributed by atoms with Crippen LogP contribution in [0.2, 0.25) is 0 Å². The number of cyclic esters (lactones) is 1. The van der Waals surface area contributed by atoms with Crippen molar-refractivity contribution in [2.45, 2.75) is 20.5 Å². The van der Waals surface area contributed by atoms with Crippen LogP contribution in [0.25, 0.3) is 0 Å². The maximum absolute atomic E-state index is 15.1. The highest BCUT2D eigenvalue weighted by Gasteiger charge is 2.33. The summed E-state index contributed by atoms with van der Waals surface area (Å²) in [6, 6.07) is 12.0. The lowest BCUT2D eigenvalue weighted by molar-refractivity contribution is -0.119. The minimum absolute atomic E-state index is 0. The molecule has 2 aliphatic rings. The molecule has 2 N–H and O–H groups in total. The largest absolute Gasteiger partial charge is 0.442 e. The molecule has 37 heavy (non-hydrogen) atoms. The van der Waals surface area contributed by atoms with Crippen LogP contribution in [-0.2, 0) is 9.53 Å². The van der Waals surface area contributed by atoms with Gasteiger partial charge in [-0.05, 0) is 42.5 Å². The van der Waals surface area contributed by atoms with Gasteiger partial charge in [-0.2, -0.15) is 0 Å². The van der Waals surface area contributed by atoms with Gasteiger partial charge in [-0.3, -0.25) is 19.5 Å². The first kappa shape index (κ1) is 27.7. The number of hydrogen-bond donors (Lipinski definition) is 2. The van der Waals surface area contributed by atoms with Crippen LogP contribution in [0.15, 0.2) is 42.5 Å². The molecule has 2 heterocycles. The minimum atomic E-state index is -0.579. The molecule has 1 atom stereocenters. The Balaban J connectivity index is 0.00000380. The molecule has 2 aromatic carbocycles. The van der Waals surface area contributed by atoms with Crippen molar-refractivity contribution < 1.29 is 23.5 Å². The molecule has 2 saturated heterocycles. The normalized spacial score (nSPS) is 17.6. The van der Waals surface area contributed by atoms with Gasteiger partial charge in [0.2, 0.25) is 5.91 Å². The highest BCUT2D eigenvalue weighted by Crippen LogP contribution is 2.28. The Bertz CT molecular complexity index is 1130. The zero-order valence-electron chi connectivity index (χ0n) is 20.7. The Kier molecular flexibility index (Phi) is 8.93.